The molecular formula is C15H21NS. The highest BCUT2D eigenvalue weighted by Crippen LogP contribution is 2.41. The summed E-state index contributed by atoms with van der Waals surface area (Å²) in [4.78, 5) is 4.08. The summed E-state index contributed by atoms with van der Waals surface area (Å²) in [5.74, 6) is 0. The molecule has 1 aromatic carbocycles. The highest BCUT2D eigenvalue weighted by atomic mass is 32.2. The minimum Gasteiger partial charge on any atom is -0.300 e. The Balaban J connectivity index is 1.67. The van der Waals surface area contributed by atoms with Gasteiger partial charge in [-0.1, -0.05) is 17.7 Å². The predicted octanol–water partition coefficient (Wildman–Crippen LogP) is 3.71. The van der Waals surface area contributed by atoms with Gasteiger partial charge in [0.1, 0.15) is 0 Å². The standard InChI is InChI=1S/C15H21NS/c1-11-4-3-5-14(8-11)17-15-9-12-6-7-13(10-15)16(12)2/h3-5,8,12-13,15H,6-7,9-10H2,1-2H3/t12-,13+,15-. The maximum atomic E-state index is 2.62. The van der Waals surface area contributed by atoms with Crippen LogP contribution in [-0.2, 0) is 0 Å². The lowest BCUT2D eigenvalue weighted by Gasteiger charge is -2.36. The highest BCUT2D eigenvalue weighted by Gasteiger charge is 2.38. The van der Waals surface area contributed by atoms with E-state index in [2.05, 4.69) is 54.9 Å². The molecule has 2 aliphatic heterocycles. The zero-order valence-electron chi connectivity index (χ0n) is 10.7. The first kappa shape index (κ1) is 11.6. The molecule has 0 aromatic heterocycles. The molecule has 0 saturated carbocycles. The second-order valence-electron chi connectivity index (χ2n) is 5.58. The van der Waals surface area contributed by atoms with Crippen LogP contribution >= 0.6 is 11.8 Å². The van der Waals surface area contributed by atoms with Gasteiger partial charge < -0.3 is 4.90 Å². The molecule has 0 spiro atoms. The molecule has 2 aliphatic rings. The summed E-state index contributed by atoms with van der Waals surface area (Å²) in [6.45, 7) is 2.18. The van der Waals surface area contributed by atoms with Gasteiger partial charge >= 0.3 is 0 Å². The number of hydrogen-bond donors (Lipinski definition) is 0. The largest absolute Gasteiger partial charge is 0.300 e. The molecule has 2 heteroatoms. The summed E-state index contributed by atoms with van der Waals surface area (Å²) < 4.78 is 0. The molecular weight excluding hydrogens is 226 g/mol. The average Bonchev–Trinajstić information content (AvgIpc) is 2.52. The van der Waals surface area contributed by atoms with Gasteiger partial charge in [0.25, 0.3) is 0 Å². The second kappa shape index (κ2) is 4.66. The van der Waals surface area contributed by atoms with Crippen LogP contribution in [0.3, 0.4) is 0 Å². The van der Waals surface area contributed by atoms with Gasteiger partial charge in [-0.3, -0.25) is 0 Å². The molecule has 1 nitrogen and oxygen atoms in total. The molecule has 2 fully saturated rings. The molecule has 0 radical (unpaired) electrons. The van der Waals surface area contributed by atoms with Crippen LogP contribution in [0.2, 0.25) is 0 Å². The van der Waals surface area contributed by atoms with Crippen molar-refractivity contribution in [2.75, 3.05) is 7.05 Å². The molecule has 2 saturated heterocycles. The highest BCUT2D eigenvalue weighted by molar-refractivity contribution is 8.00. The molecule has 0 N–H and O–H groups in total. The third-order valence-corrected chi connectivity index (χ3v) is 5.59. The summed E-state index contributed by atoms with van der Waals surface area (Å²) in [7, 11) is 2.32. The topological polar surface area (TPSA) is 3.24 Å². The van der Waals surface area contributed by atoms with Gasteiger partial charge in [0, 0.05) is 22.2 Å². The monoisotopic (exact) mass is 247 g/mol. The van der Waals surface area contributed by atoms with E-state index in [-0.39, 0.29) is 0 Å². The van der Waals surface area contributed by atoms with Gasteiger partial charge in [0.15, 0.2) is 0 Å². The Morgan fingerprint density at radius 3 is 2.53 bits per heavy atom. The summed E-state index contributed by atoms with van der Waals surface area (Å²) in [5, 5.41) is 0.838. The summed E-state index contributed by atoms with van der Waals surface area (Å²) in [5.41, 5.74) is 1.38. The normalized spacial score (nSPS) is 32.9. The molecule has 17 heavy (non-hydrogen) atoms. The van der Waals surface area contributed by atoms with Crippen molar-refractivity contribution in [1.29, 1.82) is 0 Å². The van der Waals surface area contributed by atoms with Gasteiger partial charge in [0.2, 0.25) is 0 Å². The van der Waals surface area contributed by atoms with Gasteiger partial charge in [-0.2, -0.15) is 0 Å². The number of benzene rings is 1. The Morgan fingerprint density at radius 1 is 1.18 bits per heavy atom. The molecule has 2 heterocycles. The second-order valence-corrected chi connectivity index (χ2v) is 6.95. The lowest BCUT2D eigenvalue weighted by molar-refractivity contribution is 0.183. The first-order chi connectivity index (χ1) is 8.22. The van der Waals surface area contributed by atoms with E-state index in [1.165, 1.54) is 36.1 Å². The fourth-order valence-electron chi connectivity index (χ4n) is 3.34. The summed E-state index contributed by atoms with van der Waals surface area (Å²) >= 11 is 2.10. The van der Waals surface area contributed by atoms with E-state index >= 15 is 0 Å². The van der Waals surface area contributed by atoms with Gasteiger partial charge in [0.05, 0.1) is 0 Å². The van der Waals surface area contributed by atoms with E-state index in [1.54, 1.807) is 0 Å². The van der Waals surface area contributed by atoms with Crippen LogP contribution in [-0.4, -0.2) is 29.3 Å². The van der Waals surface area contributed by atoms with E-state index < -0.39 is 0 Å². The third kappa shape index (κ3) is 2.38. The van der Waals surface area contributed by atoms with Crippen LogP contribution in [0.15, 0.2) is 29.2 Å². The molecule has 1 aromatic rings. The number of nitrogens with zero attached hydrogens (tertiary/aromatic N) is 1. The van der Waals surface area contributed by atoms with Crippen molar-refractivity contribution < 1.29 is 0 Å². The summed E-state index contributed by atoms with van der Waals surface area (Å²) in [6, 6.07) is 10.7. The average molecular weight is 247 g/mol. The SMILES string of the molecule is Cc1cccc(S[C@@H]2C[C@H]3CC[C@@H](C2)N3C)c1. The first-order valence-corrected chi connectivity index (χ1v) is 7.55. The lowest BCUT2D eigenvalue weighted by atomic mass is 10.0. The van der Waals surface area contributed by atoms with E-state index in [1.807, 2.05) is 0 Å². The minimum absolute atomic E-state index is 0.838. The van der Waals surface area contributed by atoms with Crippen LogP contribution in [0.5, 0.6) is 0 Å². The number of piperidine rings is 1. The van der Waals surface area contributed by atoms with Gasteiger partial charge in [-0.15, -0.1) is 11.8 Å². The van der Waals surface area contributed by atoms with E-state index in [4.69, 9.17) is 0 Å². The molecule has 0 unspecified atom stereocenters. The third-order valence-electron chi connectivity index (χ3n) is 4.35. The van der Waals surface area contributed by atoms with Crippen LogP contribution in [0.25, 0.3) is 0 Å². The maximum Gasteiger partial charge on any atom is 0.0124 e. The predicted molar refractivity (Wildman–Crippen MR) is 74.6 cm³/mol. The Morgan fingerprint density at radius 2 is 1.88 bits per heavy atom. The quantitative estimate of drug-likeness (QED) is 0.783. The molecule has 92 valence electrons. The van der Waals surface area contributed by atoms with Crippen molar-refractivity contribution in [3.05, 3.63) is 29.8 Å². The maximum absolute atomic E-state index is 2.62. The molecule has 0 amide bonds. The molecule has 2 bridgehead atoms. The van der Waals surface area contributed by atoms with E-state index in [0.29, 0.717) is 0 Å². The van der Waals surface area contributed by atoms with E-state index in [0.717, 1.165) is 17.3 Å². The van der Waals surface area contributed by atoms with Crippen molar-refractivity contribution in [2.45, 2.75) is 54.8 Å². The van der Waals surface area contributed by atoms with Crippen molar-refractivity contribution >= 4 is 11.8 Å². The molecule has 3 atom stereocenters. The molecule has 0 aliphatic carbocycles. The number of fused-ring (bicyclic) bond motifs is 2. The fourth-order valence-corrected chi connectivity index (χ4v) is 4.77. The van der Waals surface area contributed by atoms with Crippen molar-refractivity contribution in [3.8, 4) is 0 Å². The van der Waals surface area contributed by atoms with Crippen molar-refractivity contribution in [3.63, 3.8) is 0 Å². The lowest BCUT2D eigenvalue weighted by Crippen LogP contribution is -2.40. The zero-order chi connectivity index (χ0) is 11.8. The zero-order valence-corrected chi connectivity index (χ0v) is 11.5. The van der Waals surface area contributed by atoms with Crippen LogP contribution in [0.4, 0.5) is 0 Å². The number of thioether (sulfide) groups is 1. The number of aryl methyl sites for hydroxylation is 1. The Bertz CT molecular complexity index is 390. The smallest absolute Gasteiger partial charge is 0.0124 e. The van der Waals surface area contributed by atoms with E-state index in [9.17, 15) is 0 Å². The van der Waals surface area contributed by atoms with Gasteiger partial charge in [-0.05, 0) is 51.8 Å². The number of rotatable bonds is 2. The number of hydrogen-bond acceptors (Lipinski definition) is 2. The Hall–Kier alpha value is -0.470. The molecule has 3 rings (SSSR count). The van der Waals surface area contributed by atoms with Crippen molar-refractivity contribution in [2.24, 2.45) is 0 Å². The Kier molecular flexibility index (Phi) is 3.18. The fraction of sp³-hybridized carbons (Fsp3) is 0.600. The van der Waals surface area contributed by atoms with Crippen LogP contribution in [0, 0.1) is 6.92 Å². The first-order valence-electron chi connectivity index (χ1n) is 6.67. The Labute approximate surface area is 109 Å². The minimum atomic E-state index is 0.838. The van der Waals surface area contributed by atoms with Crippen LogP contribution < -0.4 is 0 Å². The summed E-state index contributed by atoms with van der Waals surface area (Å²) in [6.07, 6.45) is 5.61. The van der Waals surface area contributed by atoms with Crippen molar-refractivity contribution in [1.82, 2.24) is 4.90 Å². The van der Waals surface area contributed by atoms with Gasteiger partial charge in [-0.25, -0.2) is 0 Å². The van der Waals surface area contributed by atoms with Crippen LogP contribution in [0.1, 0.15) is 31.2 Å².